The minimum absolute atomic E-state index is 0.0337. The second-order valence-electron chi connectivity index (χ2n) is 4.76. The van der Waals surface area contributed by atoms with Crippen molar-refractivity contribution >= 4 is 11.0 Å². The first-order valence-corrected chi connectivity index (χ1v) is 6.71. The molecule has 2 aromatic heterocycles. The molecule has 6 nitrogen and oxygen atoms in total. The van der Waals surface area contributed by atoms with Gasteiger partial charge >= 0.3 is 11.1 Å². The van der Waals surface area contributed by atoms with Crippen LogP contribution in [0.3, 0.4) is 0 Å². The van der Waals surface area contributed by atoms with E-state index in [1.54, 1.807) is 18.6 Å². The standard InChI is InChI=1S/C15H15N3O3/c1-2-16-13(10-5-6-21-8-10)9-3-4-11-12(7-9)18-15(20)14(19)17-11/h3-8,13,16H,2H2,1H3,(H,17,19)(H,18,20). The van der Waals surface area contributed by atoms with Gasteiger partial charge in [-0.05, 0) is 30.3 Å². The topological polar surface area (TPSA) is 90.9 Å². The van der Waals surface area contributed by atoms with E-state index in [1.807, 2.05) is 25.1 Å². The zero-order valence-corrected chi connectivity index (χ0v) is 11.5. The zero-order chi connectivity index (χ0) is 14.8. The molecular formula is C15H15N3O3. The highest BCUT2D eigenvalue weighted by Gasteiger charge is 2.15. The summed E-state index contributed by atoms with van der Waals surface area (Å²) < 4.78 is 5.14. The fraction of sp³-hybridized carbons (Fsp3) is 0.200. The molecule has 3 aromatic rings. The monoisotopic (exact) mass is 285 g/mol. The zero-order valence-electron chi connectivity index (χ0n) is 11.5. The predicted molar refractivity (Wildman–Crippen MR) is 79.4 cm³/mol. The number of hydrogen-bond donors (Lipinski definition) is 3. The van der Waals surface area contributed by atoms with Crippen molar-refractivity contribution in [3.05, 3.63) is 68.6 Å². The number of rotatable bonds is 4. The summed E-state index contributed by atoms with van der Waals surface area (Å²) >= 11 is 0. The molecule has 0 fully saturated rings. The molecule has 1 aromatic carbocycles. The van der Waals surface area contributed by atoms with Gasteiger partial charge < -0.3 is 19.7 Å². The third-order valence-corrected chi connectivity index (χ3v) is 3.36. The Morgan fingerprint density at radius 2 is 1.86 bits per heavy atom. The van der Waals surface area contributed by atoms with Crippen LogP contribution in [0.1, 0.15) is 24.1 Å². The van der Waals surface area contributed by atoms with E-state index in [0.717, 1.165) is 17.7 Å². The Kier molecular flexibility index (Phi) is 3.45. The van der Waals surface area contributed by atoms with Gasteiger partial charge in [0.2, 0.25) is 0 Å². The van der Waals surface area contributed by atoms with Gasteiger partial charge in [0.05, 0.1) is 29.6 Å². The molecule has 108 valence electrons. The Bertz CT molecular complexity index is 862. The van der Waals surface area contributed by atoms with E-state index in [9.17, 15) is 9.59 Å². The first kappa shape index (κ1) is 13.4. The van der Waals surface area contributed by atoms with Crippen LogP contribution in [0, 0.1) is 0 Å². The first-order valence-electron chi connectivity index (χ1n) is 6.71. The third kappa shape index (κ3) is 2.53. The van der Waals surface area contributed by atoms with Gasteiger partial charge in [0.15, 0.2) is 0 Å². The molecule has 0 saturated heterocycles. The summed E-state index contributed by atoms with van der Waals surface area (Å²) in [6.45, 7) is 2.81. The molecule has 0 spiro atoms. The van der Waals surface area contributed by atoms with Crippen LogP contribution in [0.4, 0.5) is 0 Å². The van der Waals surface area contributed by atoms with Crippen molar-refractivity contribution in [2.75, 3.05) is 6.54 Å². The van der Waals surface area contributed by atoms with Crippen LogP contribution in [0.5, 0.6) is 0 Å². The molecule has 0 saturated carbocycles. The van der Waals surface area contributed by atoms with Crippen LogP contribution in [0.15, 0.2) is 50.8 Å². The van der Waals surface area contributed by atoms with E-state index in [1.165, 1.54) is 0 Å². The van der Waals surface area contributed by atoms with E-state index < -0.39 is 11.1 Å². The Balaban J connectivity index is 2.12. The number of aromatic nitrogens is 2. The number of H-pyrrole nitrogens is 2. The molecule has 0 amide bonds. The number of benzene rings is 1. The van der Waals surface area contributed by atoms with E-state index in [2.05, 4.69) is 15.3 Å². The van der Waals surface area contributed by atoms with Gasteiger partial charge in [-0.1, -0.05) is 13.0 Å². The number of aromatic amines is 2. The van der Waals surface area contributed by atoms with Gasteiger partial charge in [0.25, 0.3) is 0 Å². The van der Waals surface area contributed by atoms with E-state index in [-0.39, 0.29) is 6.04 Å². The van der Waals surface area contributed by atoms with Crippen LogP contribution in [0.2, 0.25) is 0 Å². The maximum absolute atomic E-state index is 11.4. The van der Waals surface area contributed by atoms with Crippen LogP contribution in [-0.4, -0.2) is 16.5 Å². The maximum atomic E-state index is 11.4. The van der Waals surface area contributed by atoms with E-state index in [0.29, 0.717) is 11.0 Å². The lowest BCUT2D eigenvalue weighted by molar-refractivity contribution is 0.553. The van der Waals surface area contributed by atoms with Crippen molar-refractivity contribution in [1.29, 1.82) is 0 Å². The molecule has 1 unspecified atom stereocenters. The molecule has 0 radical (unpaired) electrons. The highest BCUT2D eigenvalue weighted by molar-refractivity contribution is 5.74. The summed E-state index contributed by atoms with van der Waals surface area (Å²) in [5.41, 5.74) is 1.89. The summed E-state index contributed by atoms with van der Waals surface area (Å²) in [5.74, 6) is 0. The highest BCUT2D eigenvalue weighted by Crippen LogP contribution is 2.24. The number of hydrogen-bond acceptors (Lipinski definition) is 4. The minimum Gasteiger partial charge on any atom is -0.472 e. The number of fused-ring (bicyclic) bond motifs is 1. The Morgan fingerprint density at radius 3 is 2.52 bits per heavy atom. The van der Waals surface area contributed by atoms with Gasteiger partial charge in [-0.15, -0.1) is 0 Å². The quantitative estimate of drug-likeness (QED) is 0.634. The molecule has 0 aliphatic carbocycles. The van der Waals surface area contributed by atoms with Crippen LogP contribution < -0.4 is 16.4 Å². The second-order valence-corrected chi connectivity index (χ2v) is 4.76. The van der Waals surface area contributed by atoms with Crippen LogP contribution >= 0.6 is 0 Å². The van der Waals surface area contributed by atoms with Crippen LogP contribution in [-0.2, 0) is 0 Å². The predicted octanol–water partition coefficient (Wildman–Crippen LogP) is 1.51. The van der Waals surface area contributed by atoms with Crippen molar-refractivity contribution in [2.24, 2.45) is 0 Å². The van der Waals surface area contributed by atoms with Gasteiger partial charge in [-0.3, -0.25) is 9.59 Å². The fourth-order valence-electron chi connectivity index (χ4n) is 2.38. The summed E-state index contributed by atoms with van der Waals surface area (Å²) in [6, 6.07) is 7.41. The van der Waals surface area contributed by atoms with Gasteiger partial charge in [-0.2, -0.15) is 0 Å². The molecule has 3 N–H and O–H groups in total. The highest BCUT2D eigenvalue weighted by atomic mass is 16.3. The van der Waals surface area contributed by atoms with Crippen molar-refractivity contribution in [1.82, 2.24) is 15.3 Å². The third-order valence-electron chi connectivity index (χ3n) is 3.36. The normalized spacial score (nSPS) is 12.6. The minimum atomic E-state index is -0.650. The molecule has 6 heteroatoms. The lowest BCUT2D eigenvalue weighted by atomic mass is 10.0. The average Bonchev–Trinajstić information content (AvgIpc) is 2.99. The summed E-state index contributed by atoms with van der Waals surface area (Å²) in [6.07, 6.45) is 3.31. The number of nitrogens with one attached hydrogen (secondary N) is 3. The summed E-state index contributed by atoms with van der Waals surface area (Å²) in [7, 11) is 0. The first-order chi connectivity index (χ1) is 10.2. The lowest BCUT2D eigenvalue weighted by Gasteiger charge is -2.17. The van der Waals surface area contributed by atoms with E-state index in [4.69, 9.17) is 4.42 Å². The van der Waals surface area contributed by atoms with Crippen molar-refractivity contribution in [3.63, 3.8) is 0 Å². The number of furan rings is 1. The molecule has 3 rings (SSSR count). The molecule has 0 aliphatic heterocycles. The lowest BCUT2D eigenvalue weighted by Crippen LogP contribution is -2.29. The molecule has 2 heterocycles. The van der Waals surface area contributed by atoms with Crippen LogP contribution in [0.25, 0.3) is 11.0 Å². The Hall–Kier alpha value is -2.60. The molecular weight excluding hydrogens is 270 g/mol. The smallest absolute Gasteiger partial charge is 0.314 e. The van der Waals surface area contributed by atoms with Gasteiger partial charge in [0.1, 0.15) is 0 Å². The fourth-order valence-corrected chi connectivity index (χ4v) is 2.38. The van der Waals surface area contributed by atoms with Gasteiger partial charge in [-0.25, -0.2) is 0 Å². The Labute approximate surface area is 119 Å². The van der Waals surface area contributed by atoms with Gasteiger partial charge in [0, 0.05) is 5.56 Å². The average molecular weight is 285 g/mol. The molecule has 1 atom stereocenters. The largest absolute Gasteiger partial charge is 0.472 e. The van der Waals surface area contributed by atoms with Crippen molar-refractivity contribution in [2.45, 2.75) is 13.0 Å². The summed E-state index contributed by atoms with van der Waals surface area (Å²) in [5, 5.41) is 3.37. The summed E-state index contributed by atoms with van der Waals surface area (Å²) in [4.78, 5) is 27.9. The molecule has 0 aliphatic rings. The van der Waals surface area contributed by atoms with Crippen molar-refractivity contribution < 1.29 is 4.42 Å². The van der Waals surface area contributed by atoms with Crippen molar-refractivity contribution in [3.8, 4) is 0 Å². The molecule has 21 heavy (non-hydrogen) atoms. The van der Waals surface area contributed by atoms with E-state index >= 15 is 0 Å². The second kappa shape index (κ2) is 5.41. The maximum Gasteiger partial charge on any atom is 0.314 e. The SMILES string of the molecule is CCNC(c1ccoc1)c1ccc2[nH]c(=O)c(=O)[nH]c2c1. The molecule has 0 bridgehead atoms. The Morgan fingerprint density at radius 1 is 1.10 bits per heavy atom.